The molecule has 0 amide bonds. The molecule has 0 radical (unpaired) electrons. The number of hydrogen-bond donors (Lipinski definition) is 2. The number of pyridine rings is 1. The Morgan fingerprint density at radius 1 is 1.53 bits per heavy atom. The molecule has 15 heavy (non-hydrogen) atoms. The maximum Gasteiger partial charge on any atom is 0.125 e. The molecule has 82 valence electrons. The highest BCUT2D eigenvalue weighted by molar-refractivity contribution is 5.53. The molecule has 1 saturated heterocycles. The largest absolute Gasteiger partial charge is 0.394 e. The Hall–Kier alpha value is -1.29. The Morgan fingerprint density at radius 3 is 3.13 bits per heavy atom. The van der Waals surface area contributed by atoms with Crippen LogP contribution in [0.4, 0.5) is 11.5 Å². The summed E-state index contributed by atoms with van der Waals surface area (Å²) < 4.78 is 0. The molecular weight excluding hydrogens is 190 g/mol. The van der Waals surface area contributed by atoms with E-state index in [0.29, 0.717) is 5.82 Å². The van der Waals surface area contributed by atoms with Crippen molar-refractivity contribution >= 4 is 11.5 Å². The molecule has 1 aromatic heterocycles. The summed E-state index contributed by atoms with van der Waals surface area (Å²) in [6.45, 7) is 1.21. The second-order valence-electron chi connectivity index (χ2n) is 3.96. The standard InChI is InChI=1S/C11H17N3O/c12-11-7-9(4-5-13-11)14-6-2-1-3-10(14)8-15/h4-5,7,10,15H,1-3,6,8H2,(H2,12,13). The van der Waals surface area contributed by atoms with E-state index in [-0.39, 0.29) is 12.6 Å². The van der Waals surface area contributed by atoms with Crippen LogP contribution in [0.5, 0.6) is 0 Å². The molecule has 3 N–H and O–H groups in total. The van der Waals surface area contributed by atoms with E-state index < -0.39 is 0 Å². The summed E-state index contributed by atoms with van der Waals surface area (Å²) in [5.41, 5.74) is 6.72. The number of aliphatic hydroxyl groups is 1. The first-order valence-electron chi connectivity index (χ1n) is 5.40. The van der Waals surface area contributed by atoms with Gasteiger partial charge in [0.05, 0.1) is 12.6 Å². The van der Waals surface area contributed by atoms with Crippen LogP contribution < -0.4 is 10.6 Å². The molecule has 1 aliphatic rings. The average Bonchev–Trinajstić information content (AvgIpc) is 2.29. The topological polar surface area (TPSA) is 62.4 Å². The lowest BCUT2D eigenvalue weighted by molar-refractivity contribution is 0.240. The SMILES string of the molecule is Nc1cc(N2CCCCC2CO)ccn1. The lowest BCUT2D eigenvalue weighted by atomic mass is 10.0. The van der Waals surface area contributed by atoms with Gasteiger partial charge in [0.2, 0.25) is 0 Å². The summed E-state index contributed by atoms with van der Waals surface area (Å²) in [6, 6.07) is 4.05. The van der Waals surface area contributed by atoms with Gasteiger partial charge in [0, 0.05) is 24.5 Å². The van der Waals surface area contributed by atoms with Crippen LogP contribution in [0.2, 0.25) is 0 Å². The maximum absolute atomic E-state index is 9.30. The van der Waals surface area contributed by atoms with E-state index in [1.165, 1.54) is 12.8 Å². The number of aromatic nitrogens is 1. The molecule has 0 spiro atoms. The van der Waals surface area contributed by atoms with E-state index in [0.717, 1.165) is 18.7 Å². The van der Waals surface area contributed by atoms with Crippen molar-refractivity contribution in [1.29, 1.82) is 0 Å². The van der Waals surface area contributed by atoms with E-state index in [9.17, 15) is 5.11 Å². The van der Waals surface area contributed by atoms with E-state index in [1.807, 2.05) is 12.1 Å². The first-order valence-corrected chi connectivity index (χ1v) is 5.40. The fourth-order valence-electron chi connectivity index (χ4n) is 2.15. The highest BCUT2D eigenvalue weighted by Gasteiger charge is 2.21. The number of nitrogens with two attached hydrogens (primary N) is 1. The summed E-state index contributed by atoms with van der Waals surface area (Å²) in [5.74, 6) is 0.537. The second kappa shape index (κ2) is 4.49. The predicted molar refractivity (Wildman–Crippen MR) is 60.7 cm³/mol. The van der Waals surface area contributed by atoms with Gasteiger partial charge in [-0.15, -0.1) is 0 Å². The molecule has 0 aliphatic carbocycles. The van der Waals surface area contributed by atoms with Gasteiger partial charge in [0.1, 0.15) is 5.82 Å². The molecule has 1 atom stereocenters. The normalized spacial score (nSPS) is 21.7. The van der Waals surface area contributed by atoms with Crippen LogP contribution in [0.1, 0.15) is 19.3 Å². The van der Waals surface area contributed by atoms with Crippen molar-refractivity contribution in [2.24, 2.45) is 0 Å². The second-order valence-corrected chi connectivity index (χ2v) is 3.96. The highest BCUT2D eigenvalue weighted by atomic mass is 16.3. The molecule has 2 heterocycles. The van der Waals surface area contributed by atoms with Gasteiger partial charge in [-0.3, -0.25) is 0 Å². The van der Waals surface area contributed by atoms with Crippen molar-refractivity contribution in [2.75, 3.05) is 23.8 Å². The quantitative estimate of drug-likeness (QED) is 0.760. The molecule has 1 fully saturated rings. The third-order valence-corrected chi connectivity index (χ3v) is 2.93. The van der Waals surface area contributed by atoms with Gasteiger partial charge < -0.3 is 15.7 Å². The molecule has 4 nitrogen and oxygen atoms in total. The number of hydrogen-bond acceptors (Lipinski definition) is 4. The molecule has 4 heteroatoms. The number of nitrogens with zero attached hydrogens (tertiary/aromatic N) is 2. The molecule has 1 aliphatic heterocycles. The highest BCUT2D eigenvalue weighted by Crippen LogP contribution is 2.24. The third-order valence-electron chi connectivity index (χ3n) is 2.93. The van der Waals surface area contributed by atoms with Crippen LogP contribution >= 0.6 is 0 Å². The Kier molecular flexibility index (Phi) is 3.06. The minimum absolute atomic E-state index is 0.211. The van der Waals surface area contributed by atoms with Crippen molar-refractivity contribution in [2.45, 2.75) is 25.3 Å². The zero-order chi connectivity index (χ0) is 10.7. The van der Waals surface area contributed by atoms with Crippen molar-refractivity contribution in [3.05, 3.63) is 18.3 Å². The van der Waals surface area contributed by atoms with Crippen LogP contribution in [0.3, 0.4) is 0 Å². The molecule has 0 saturated carbocycles. The third kappa shape index (κ3) is 2.21. The lowest BCUT2D eigenvalue weighted by Gasteiger charge is -2.36. The van der Waals surface area contributed by atoms with E-state index in [4.69, 9.17) is 5.73 Å². The molecule has 0 aromatic carbocycles. The summed E-state index contributed by atoms with van der Waals surface area (Å²) in [6.07, 6.45) is 5.15. The zero-order valence-corrected chi connectivity index (χ0v) is 8.76. The van der Waals surface area contributed by atoms with E-state index in [1.54, 1.807) is 6.20 Å². The van der Waals surface area contributed by atoms with Crippen molar-refractivity contribution in [1.82, 2.24) is 4.98 Å². The molecule has 2 rings (SSSR count). The maximum atomic E-state index is 9.30. The molecule has 1 aromatic rings. The first kappa shape index (κ1) is 10.2. The Morgan fingerprint density at radius 2 is 2.40 bits per heavy atom. The number of rotatable bonds is 2. The van der Waals surface area contributed by atoms with Crippen LogP contribution in [0.25, 0.3) is 0 Å². The smallest absolute Gasteiger partial charge is 0.125 e. The Labute approximate surface area is 89.7 Å². The summed E-state index contributed by atoms with van der Waals surface area (Å²) in [7, 11) is 0. The van der Waals surface area contributed by atoms with E-state index in [2.05, 4.69) is 9.88 Å². The van der Waals surface area contributed by atoms with Gasteiger partial charge in [0.25, 0.3) is 0 Å². The minimum Gasteiger partial charge on any atom is -0.394 e. The Bertz CT molecular complexity index is 329. The number of anilines is 2. The fraction of sp³-hybridized carbons (Fsp3) is 0.545. The molecule has 1 unspecified atom stereocenters. The minimum atomic E-state index is 0.211. The molecular formula is C11H17N3O. The van der Waals surface area contributed by atoms with Gasteiger partial charge >= 0.3 is 0 Å². The lowest BCUT2D eigenvalue weighted by Crippen LogP contribution is -2.41. The predicted octanol–water partition coefficient (Wildman–Crippen LogP) is 1.01. The van der Waals surface area contributed by atoms with Gasteiger partial charge in [0.15, 0.2) is 0 Å². The van der Waals surface area contributed by atoms with Crippen molar-refractivity contribution in [3.8, 4) is 0 Å². The van der Waals surface area contributed by atoms with Crippen LogP contribution in [-0.4, -0.2) is 29.3 Å². The van der Waals surface area contributed by atoms with Crippen LogP contribution in [0.15, 0.2) is 18.3 Å². The van der Waals surface area contributed by atoms with Crippen molar-refractivity contribution < 1.29 is 5.11 Å². The monoisotopic (exact) mass is 207 g/mol. The fourth-order valence-corrected chi connectivity index (χ4v) is 2.15. The van der Waals surface area contributed by atoms with Crippen LogP contribution in [0, 0.1) is 0 Å². The van der Waals surface area contributed by atoms with Gasteiger partial charge in [-0.2, -0.15) is 0 Å². The average molecular weight is 207 g/mol. The number of nitrogen functional groups attached to an aromatic ring is 1. The number of aliphatic hydroxyl groups excluding tert-OH is 1. The molecule has 0 bridgehead atoms. The Balaban J connectivity index is 2.20. The van der Waals surface area contributed by atoms with Gasteiger partial charge in [-0.25, -0.2) is 4.98 Å². The zero-order valence-electron chi connectivity index (χ0n) is 8.76. The summed E-state index contributed by atoms with van der Waals surface area (Å²) in [5, 5.41) is 9.30. The summed E-state index contributed by atoms with van der Waals surface area (Å²) in [4.78, 5) is 6.20. The summed E-state index contributed by atoms with van der Waals surface area (Å²) >= 11 is 0. The van der Waals surface area contributed by atoms with Crippen molar-refractivity contribution in [3.63, 3.8) is 0 Å². The van der Waals surface area contributed by atoms with Crippen LogP contribution in [-0.2, 0) is 0 Å². The number of piperidine rings is 1. The first-order chi connectivity index (χ1) is 7.31. The van der Waals surface area contributed by atoms with Gasteiger partial charge in [-0.05, 0) is 25.3 Å². The van der Waals surface area contributed by atoms with E-state index >= 15 is 0 Å². The van der Waals surface area contributed by atoms with Gasteiger partial charge in [-0.1, -0.05) is 0 Å².